The third-order valence-corrected chi connectivity index (χ3v) is 0.816. The van der Waals surface area contributed by atoms with Crippen molar-refractivity contribution in [3.63, 3.8) is 0 Å². The fourth-order valence-electron chi connectivity index (χ4n) is 0.256. The van der Waals surface area contributed by atoms with E-state index in [2.05, 4.69) is 6.08 Å². The molecule has 3 N–H and O–H groups in total. The van der Waals surface area contributed by atoms with Gasteiger partial charge >= 0.3 is 51.4 Å². The topological polar surface area (TPSA) is 49.9 Å². The van der Waals surface area contributed by atoms with E-state index >= 15 is 0 Å². The zero-order valence-electron chi connectivity index (χ0n) is 11.2. The van der Waals surface area contributed by atoms with Crippen LogP contribution >= 0.6 is 0 Å². The Balaban J connectivity index is -0.0000000400. The average Bonchev–Trinajstić information content (AvgIpc) is 2.12. The van der Waals surface area contributed by atoms with Crippen LogP contribution in [0.15, 0.2) is 6.20 Å². The minimum Gasteiger partial charge on any atom is -0.437 e. The summed E-state index contributed by atoms with van der Waals surface area (Å²) >= 11 is 0. The Morgan fingerprint density at radius 1 is 1.21 bits per heavy atom. The Bertz CT molecular complexity index is 110. The maximum Gasteiger partial charge on any atom is 1.00 e. The van der Waals surface area contributed by atoms with Crippen LogP contribution in [0.3, 0.4) is 0 Å². The van der Waals surface area contributed by atoms with Crippen molar-refractivity contribution in [3.05, 3.63) is 19.7 Å². The van der Waals surface area contributed by atoms with E-state index in [1.54, 1.807) is 0 Å². The number of hydrogen-bond donors (Lipinski definition) is 2. The molecule has 0 atom stereocenters. The second-order valence-electron chi connectivity index (χ2n) is 1.88. The van der Waals surface area contributed by atoms with Gasteiger partial charge in [0.2, 0.25) is 0 Å². The normalized spacial score (nSPS) is 7.07. The van der Waals surface area contributed by atoms with Gasteiger partial charge in [-0.1, -0.05) is 41.5 Å². The summed E-state index contributed by atoms with van der Waals surface area (Å²) in [6.45, 7) is 11.9. The molecule has 0 unspecified atom stereocenters. The molecule has 0 amide bonds. The number of nitrogens with one attached hydrogen (secondary N) is 1. The van der Waals surface area contributed by atoms with Gasteiger partial charge < -0.3 is 24.6 Å². The summed E-state index contributed by atoms with van der Waals surface area (Å²) in [5.41, 5.74) is 5.44. The molecule has 0 heterocycles. The van der Waals surface area contributed by atoms with Crippen molar-refractivity contribution in [1.29, 1.82) is 5.41 Å². The third-order valence-electron chi connectivity index (χ3n) is 0.816. The van der Waals surface area contributed by atoms with E-state index in [1.165, 1.54) is 6.20 Å². The summed E-state index contributed by atoms with van der Waals surface area (Å²) in [6.07, 6.45) is 3.85. The Kier molecular flexibility index (Phi) is 61.2. The summed E-state index contributed by atoms with van der Waals surface area (Å²) in [4.78, 5) is 0. The summed E-state index contributed by atoms with van der Waals surface area (Å²) < 4.78 is 0. The van der Waals surface area contributed by atoms with Crippen LogP contribution in [0.2, 0.25) is 0 Å². The second kappa shape index (κ2) is 29.2. The standard InChI is InChI=1S/C6H11N2.2C2H6.CH3.K/c1-5(2)6(8)3-4-7;2*1-2;;/h4-5,8H,7H2,1-2H3;2*1-2H3;1H3;/q-1;;;-1;+1. The van der Waals surface area contributed by atoms with Gasteiger partial charge in [-0.25, -0.2) is 0 Å². The molecule has 3 heteroatoms. The molecule has 0 aromatic heterocycles. The molecular weight excluding hydrogens is 199 g/mol. The average molecular weight is 225 g/mol. The van der Waals surface area contributed by atoms with E-state index in [-0.39, 0.29) is 64.7 Å². The fourth-order valence-corrected chi connectivity index (χ4v) is 0.256. The molecule has 0 spiro atoms. The number of hydrogen-bond acceptors (Lipinski definition) is 2. The van der Waals surface area contributed by atoms with Crippen molar-refractivity contribution in [2.45, 2.75) is 41.5 Å². The molecule has 2 nitrogen and oxygen atoms in total. The molecule has 0 fully saturated rings. The minimum absolute atomic E-state index is 0. The largest absolute Gasteiger partial charge is 1.00 e. The zero-order valence-corrected chi connectivity index (χ0v) is 14.4. The Morgan fingerprint density at radius 2 is 1.50 bits per heavy atom. The van der Waals surface area contributed by atoms with Gasteiger partial charge in [0.05, 0.1) is 0 Å². The van der Waals surface area contributed by atoms with Crippen molar-refractivity contribution in [3.8, 4) is 0 Å². The van der Waals surface area contributed by atoms with Crippen molar-refractivity contribution in [2.24, 2.45) is 11.7 Å². The number of nitrogens with two attached hydrogens (primary N) is 1. The van der Waals surface area contributed by atoms with E-state index in [1.807, 2.05) is 41.5 Å². The number of allylic oxidation sites excluding steroid dienone is 1. The molecule has 0 aromatic carbocycles. The first-order valence-electron chi connectivity index (χ1n) is 4.57. The maximum absolute atomic E-state index is 7.12. The summed E-state index contributed by atoms with van der Waals surface area (Å²) in [5.74, 6) is 0.231. The van der Waals surface area contributed by atoms with E-state index in [0.29, 0.717) is 5.71 Å². The molecule has 0 saturated heterocycles. The van der Waals surface area contributed by atoms with E-state index in [9.17, 15) is 0 Å². The minimum atomic E-state index is 0. The molecule has 0 aliphatic heterocycles. The van der Waals surface area contributed by atoms with Crippen LogP contribution in [-0.2, 0) is 0 Å². The molecule has 0 aromatic rings. The summed E-state index contributed by atoms with van der Waals surface area (Å²) in [5, 5.41) is 7.12. The molecule has 0 radical (unpaired) electrons. The Morgan fingerprint density at radius 3 is 1.57 bits per heavy atom. The molecule has 82 valence electrons. The van der Waals surface area contributed by atoms with Crippen molar-refractivity contribution >= 4 is 5.71 Å². The molecule has 0 saturated carbocycles. The summed E-state index contributed by atoms with van der Waals surface area (Å²) in [6, 6.07) is 0. The van der Waals surface area contributed by atoms with Crippen molar-refractivity contribution in [1.82, 2.24) is 0 Å². The predicted octanol–water partition coefficient (Wildman–Crippen LogP) is 0.444. The molecule has 0 aliphatic carbocycles. The maximum atomic E-state index is 7.12. The molecule has 14 heavy (non-hydrogen) atoms. The van der Waals surface area contributed by atoms with Gasteiger partial charge in [-0.2, -0.15) is 6.20 Å². The van der Waals surface area contributed by atoms with Crippen LogP contribution in [0.25, 0.3) is 0 Å². The second-order valence-corrected chi connectivity index (χ2v) is 1.88. The van der Waals surface area contributed by atoms with Gasteiger partial charge in [0.25, 0.3) is 0 Å². The van der Waals surface area contributed by atoms with E-state index < -0.39 is 0 Å². The monoisotopic (exact) mass is 225 g/mol. The quantitative estimate of drug-likeness (QED) is 0.400. The van der Waals surface area contributed by atoms with Gasteiger partial charge in [-0.05, 0) is 5.92 Å². The van der Waals surface area contributed by atoms with Crippen molar-refractivity contribution < 1.29 is 51.4 Å². The Hall–Kier alpha value is 0.846. The zero-order chi connectivity index (χ0) is 10.6. The Labute approximate surface area is 134 Å². The third kappa shape index (κ3) is 29.3. The van der Waals surface area contributed by atoms with Crippen LogP contribution in [0.5, 0.6) is 0 Å². The molecule has 0 aliphatic rings. The van der Waals surface area contributed by atoms with Gasteiger partial charge in [-0.3, -0.25) is 0 Å². The van der Waals surface area contributed by atoms with Crippen LogP contribution in [0, 0.1) is 24.8 Å². The summed E-state index contributed by atoms with van der Waals surface area (Å²) in [7, 11) is 0. The first-order valence-corrected chi connectivity index (χ1v) is 4.57. The van der Waals surface area contributed by atoms with Gasteiger partial charge in [-0.15, -0.1) is 5.71 Å². The predicted molar refractivity (Wildman–Crippen MR) is 63.7 cm³/mol. The fraction of sp³-hybridized carbons (Fsp3) is 0.636. The van der Waals surface area contributed by atoms with Crippen LogP contribution in [-0.4, -0.2) is 5.71 Å². The van der Waals surface area contributed by atoms with Crippen LogP contribution in [0.1, 0.15) is 41.5 Å². The number of rotatable bonds is 2. The molecule has 0 bridgehead atoms. The molecular formula is C11H26KN2-. The van der Waals surface area contributed by atoms with Gasteiger partial charge in [0.15, 0.2) is 0 Å². The first-order chi connectivity index (χ1) is 5.68. The SMILES string of the molecule is CC.CC.CC(C)C(=N)[C-]=CN.[CH3-].[K+]. The van der Waals surface area contributed by atoms with Crippen LogP contribution < -0.4 is 57.1 Å². The van der Waals surface area contributed by atoms with Gasteiger partial charge in [0, 0.05) is 0 Å². The van der Waals surface area contributed by atoms with Crippen molar-refractivity contribution in [2.75, 3.05) is 0 Å². The van der Waals surface area contributed by atoms with E-state index in [0.717, 1.165) is 0 Å². The first kappa shape index (κ1) is 29.4. The van der Waals surface area contributed by atoms with E-state index in [4.69, 9.17) is 11.1 Å². The smallest absolute Gasteiger partial charge is 0.437 e. The van der Waals surface area contributed by atoms with Crippen LogP contribution in [0.4, 0.5) is 0 Å². The molecule has 0 rings (SSSR count). The van der Waals surface area contributed by atoms with Gasteiger partial charge in [0.1, 0.15) is 0 Å².